The number of rotatable bonds is 4. The molecule has 1 atom stereocenters. The second kappa shape index (κ2) is 7.70. The molecule has 0 fully saturated rings. The Kier molecular flexibility index (Phi) is 4.74. The van der Waals surface area contributed by atoms with Gasteiger partial charge in [0.2, 0.25) is 5.91 Å². The number of benzene rings is 1. The van der Waals surface area contributed by atoms with Crippen molar-refractivity contribution < 1.29 is 9.53 Å². The van der Waals surface area contributed by atoms with Crippen LogP contribution in [-0.4, -0.2) is 32.0 Å². The molecule has 0 aliphatic carbocycles. The molecule has 1 amide bonds. The van der Waals surface area contributed by atoms with Crippen LogP contribution in [0.25, 0.3) is 11.4 Å². The summed E-state index contributed by atoms with van der Waals surface area (Å²) in [5, 5.41) is 3.07. The van der Waals surface area contributed by atoms with Gasteiger partial charge in [-0.25, -0.2) is 15.0 Å². The second-order valence-corrected chi connectivity index (χ2v) is 7.53. The molecular weight excluding hydrogens is 382 g/mol. The molecule has 1 aromatic carbocycles. The van der Waals surface area contributed by atoms with Crippen LogP contribution in [0.4, 0.5) is 0 Å². The number of aromatic nitrogens is 4. The molecule has 1 N–H and O–H groups in total. The number of para-hydroxylation sites is 1. The lowest BCUT2D eigenvalue weighted by atomic mass is 10.0. The average Bonchev–Trinajstić information content (AvgIpc) is 3.25. The third-order valence-electron chi connectivity index (χ3n) is 5.55. The van der Waals surface area contributed by atoms with Gasteiger partial charge in [-0.2, -0.15) is 0 Å². The third kappa shape index (κ3) is 3.45. The number of hydrogen-bond donors (Lipinski definition) is 1. The van der Waals surface area contributed by atoms with Crippen LogP contribution in [-0.2, 0) is 24.2 Å². The number of fused-ring (bicyclic) bond motifs is 2. The standard InChI is InChI=1S/C22H21N5O3/c28-19(11-15-4-1-3-14-7-10-30-21(14)15)25-17-5-2-9-27-20(29)12-18(26-22(17)27)16-6-8-23-13-24-16/h1,3-4,6,8,12-13,17H,2,5,7,9-11H2,(H,25,28). The van der Waals surface area contributed by atoms with Crippen molar-refractivity contribution in [2.45, 2.75) is 38.3 Å². The maximum absolute atomic E-state index is 12.8. The predicted molar refractivity (Wildman–Crippen MR) is 109 cm³/mol. The molecule has 8 nitrogen and oxygen atoms in total. The first-order valence-electron chi connectivity index (χ1n) is 10.1. The number of hydrogen-bond acceptors (Lipinski definition) is 6. The maximum atomic E-state index is 12.8. The molecule has 3 aromatic rings. The molecule has 0 saturated heterocycles. The van der Waals surface area contributed by atoms with Gasteiger partial charge in [0, 0.05) is 30.8 Å². The minimum absolute atomic E-state index is 0.112. The fourth-order valence-corrected chi connectivity index (χ4v) is 4.15. The highest BCUT2D eigenvalue weighted by atomic mass is 16.5. The van der Waals surface area contributed by atoms with Crippen molar-refractivity contribution in [2.75, 3.05) is 6.61 Å². The summed E-state index contributed by atoms with van der Waals surface area (Å²) in [4.78, 5) is 38.3. The Morgan fingerprint density at radius 2 is 2.20 bits per heavy atom. The highest BCUT2D eigenvalue weighted by molar-refractivity contribution is 5.80. The molecule has 0 saturated carbocycles. The van der Waals surface area contributed by atoms with Gasteiger partial charge in [0.1, 0.15) is 17.9 Å². The van der Waals surface area contributed by atoms with E-state index in [9.17, 15) is 9.59 Å². The van der Waals surface area contributed by atoms with Gasteiger partial charge < -0.3 is 10.1 Å². The number of carbonyl (C=O) groups excluding carboxylic acids is 1. The van der Waals surface area contributed by atoms with Gasteiger partial charge in [0.05, 0.1) is 30.5 Å². The molecule has 8 heteroatoms. The van der Waals surface area contributed by atoms with Crippen LogP contribution in [0.5, 0.6) is 5.75 Å². The van der Waals surface area contributed by atoms with E-state index in [4.69, 9.17) is 4.74 Å². The van der Waals surface area contributed by atoms with Crippen LogP contribution in [0.2, 0.25) is 0 Å². The first-order chi connectivity index (χ1) is 14.7. The number of amides is 1. The van der Waals surface area contributed by atoms with Gasteiger partial charge in [-0.1, -0.05) is 18.2 Å². The normalized spacial score (nSPS) is 17.0. The third-order valence-corrected chi connectivity index (χ3v) is 5.55. The summed E-state index contributed by atoms with van der Waals surface area (Å²) in [5.74, 6) is 1.29. The maximum Gasteiger partial charge on any atom is 0.254 e. The summed E-state index contributed by atoms with van der Waals surface area (Å²) in [6, 6.07) is 8.80. The minimum Gasteiger partial charge on any atom is -0.493 e. The molecule has 0 spiro atoms. The second-order valence-electron chi connectivity index (χ2n) is 7.53. The lowest BCUT2D eigenvalue weighted by molar-refractivity contribution is -0.121. The smallest absolute Gasteiger partial charge is 0.254 e. The number of nitrogens with one attached hydrogen (secondary N) is 1. The Balaban J connectivity index is 1.41. The van der Waals surface area contributed by atoms with Crippen molar-refractivity contribution in [1.82, 2.24) is 24.8 Å². The number of carbonyl (C=O) groups is 1. The van der Waals surface area contributed by atoms with Crippen LogP contribution in [0.15, 0.2) is 47.7 Å². The molecule has 2 aliphatic heterocycles. The molecule has 0 radical (unpaired) electrons. The Morgan fingerprint density at radius 3 is 3.07 bits per heavy atom. The van der Waals surface area contributed by atoms with E-state index in [0.29, 0.717) is 30.4 Å². The molecule has 2 aliphatic rings. The minimum atomic E-state index is -0.321. The highest BCUT2D eigenvalue weighted by Crippen LogP contribution is 2.30. The van der Waals surface area contributed by atoms with Gasteiger partial charge in [-0.05, 0) is 24.5 Å². The van der Waals surface area contributed by atoms with Crippen LogP contribution < -0.4 is 15.6 Å². The first-order valence-corrected chi connectivity index (χ1v) is 10.1. The number of ether oxygens (including phenoxy) is 1. The monoisotopic (exact) mass is 403 g/mol. The predicted octanol–water partition coefficient (Wildman–Crippen LogP) is 1.83. The Morgan fingerprint density at radius 1 is 1.27 bits per heavy atom. The lowest BCUT2D eigenvalue weighted by Crippen LogP contribution is -2.38. The summed E-state index contributed by atoms with van der Waals surface area (Å²) in [6.45, 7) is 1.25. The van der Waals surface area contributed by atoms with E-state index in [0.717, 1.165) is 36.1 Å². The molecule has 2 aromatic heterocycles. The summed E-state index contributed by atoms with van der Waals surface area (Å²) in [5.41, 5.74) is 2.97. The molecule has 152 valence electrons. The van der Waals surface area contributed by atoms with E-state index >= 15 is 0 Å². The highest BCUT2D eigenvalue weighted by Gasteiger charge is 2.26. The van der Waals surface area contributed by atoms with Crippen LogP contribution >= 0.6 is 0 Å². The van der Waals surface area contributed by atoms with Crippen molar-refractivity contribution in [3.63, 3.8) is 0 Å². The van der Waals surface area contributed by atoms with E-state index in [1.165, 1.54) is 12.4 Å². The van der Waals surface area contributed by atoms with Crippen molar-refractivity contribution in [2.24, 2.45) is 0 Å². The zero-order valence-electron chi connectivity index (χ0n) is 16.4. The Labute approximate surface area is 173 Å². The van der Waals surface area contributed by atoms with Gasteiger partial charge in [-0.15, -0.1) is 0 Å². The summed E-state index contributed by atoms with van der Waals surface area (Å²) < 4.78 is 7.35. The number of nitrogens with zero attached hydrogens (tertiary/aromatic N) is 4. The molecule has 1 unspecified atom stereocenters. The van der Waals surface area contributed by atoms with Gasteiger partial charge in [-0.3, -0.25) is 14.2 Å². The quantitative estimate of drug-likeness (QED) is 0.714. The molecular formula is C22H21N5O3. The Bertz CT molecular complexity index is 1160. The lowest BCUT2D eigenvalue weighted by Gasteiger charge is -2.27. The van der Waals surface area contributed by atoms with Gasteiger partial charge in [0.15, 0.2) is 0 Å². The molecule has 4 heterocycles. The van der Waals surface area contributed by atoms with Crippen molar-refractivity contribution in [3.8, 4) is 17.1 Å². The zero-order valence-corrected chi connectivity index (χ0v) is 16.4. The fourth-order valence-electron chi connectivity index (χ4n) is 4.15. The summed E-state index contributed by atoms with van der Waals surface area (Å²) in [7, 11) is 0. The van der Waals surface area contributed by atoms with Crippen LogP contribution in [0, 0.1) is 0 Å². The fraction of sp³-hybridized carbons (Fsp3) is 0.318. The van der Waals surface area contributed by atoms with E-state index < -0.39 is 0 Å². The SMILES string of the molecule is O=C(Cc1cccc2c1OCC2)NC1CCCn2c1nc(-c1ccncn1)cc2=O. The molecule has 0 bridgehead atoms. The molecule has 5 rings (SSSR count). The van der Waals surface area contributed by atoms with Crippen LogP contribution in [0.3, 0.4) is 0 Å². The van der Waals surface area contributed by atoms with Crippen LogP contribution in [0.1, 0.15) is 35.8 Å². The summed E-state index contributed by atoms with van der Waals surface area (Å²) in [6.07, 6.45) is 5.68. The topological polar surface area (TPSA) is 99.0 Å². The summed E-state index contributed by atoms with van der Waals surface area (Å²) >= 11 is 0. The van der Waals surface area contributed by atoms with Gasteiger partial charge >= 0.3 is 0 Å². The van der Waals surface area contributed by atoms with E-state index in [2.05, 4.69) is 20.3 Å². The average molecular weight is 403 g/mol. The van der Waals surface area contributed by atoms with Crippen molar-refractivity contribution >= 4 is 5.91 Å². The molecule has 30 heavy (non-hydrogen) atoms. The van der Waals surface area contributed by atoms with Crippen molar-refractivity contribution in [3.05, 3.63) is 70.2 Å². The van der Waals surface area contributed by atoms with Crippen molar-refractivity contribution in [1.29, 1.82) is 0 Å². The first kappa shape index (κ1) is 18.5. The van der Waals surface area contributed by atoms with E-state index in [1.807, 2.05) is 18.2 Å². The zero-order chi connectivity index (χ0) is 20.5. The van der Waals surface area contributed by atoms with Gasteiger partial charge in [0.25, 0.3) is 5.56 Å². The van der Waals surface area contributed by atoms with E-state index in [-0.39, 0.29) is 23.9 Å². The Hall–Kier alpha value is -3.55. The van der Waals surface area contributed by atoms with E-state index in [1.54, 1.807) is 16.8 Å². The largest absolute Gasteiger partial charge is 0.493 e.